The van der Waals surface area contributed by atoms with Gasteiger partial charge in [-0.25, -0.2) is 0 Å². The van der Waals surface area contributed by atoms with Crippen LogP contribution >= 0.6 is 0 Å². The number of rotatable bonds is 1. The van der Waals surface area contributed by atoms with Crippen molar-refractivity contribution in [3.8, 4) is 0 Å². The Labute approximate surface area is 164 Å². The van der Waals surface area contributed by atoms with E-state index in [1.807, 2.05) is 19.9 Å². The average molecular weight is 373 g/mol. The highest BCUT2D eigenvalue weighted by molar-refractivity contribution is 5.92. The summed E-state index contributed by atoms with van der Waals surface area (Å²) in [5, 5.41) is 11.2. The third kappa shape index (κ3) is 2.64. The van der Waals surface area contributed by atoms with E-state index in [0.717, 1.165) is 25.7 Å². The zero-order chi connectivity index (χ0) is 20.2. The predicted octanol–water partition coefficient (Wildman–Crippen LogP) is 5.03. The lowest BCUT2D eigenvalue weighted by Crippen LogP contribution is -2.56. The molecule has 27 heavy (non-hydrogen) atoms. The first kappa shape index (κ1) is 20.5. The van der Waals surface area contributed by atoms with Crippen LogP contribution in [0.15, 0.2) is 23.3 Å². The van der Waals surface area contributed by atoms with E-state index >= 15 is 0 Å². The van der Waals surface area contributed by atoms with Crippen LogP contribution in [-0.2, 0) is 9.59 Å². The van der Waals surface area contributed by atoms with Gasteiger partial charge in [0.2, 0.25) is 0 Å². The van der Waals surface area contributed by atoms with Crippen LogP contribution in [0.3, 0.4) is 0 Å². The zero-order valence-corrected chi connectivity index (χ0v) is 17.9. The molecule has 0 spiro atoms. The van der Waals surface area contributed by atoms with Crippen LogP contribution in [0, 0.1) is 28.6 Å². The molecule has 4 aliphatic carbocycles. The molecule has 0 aliphatic heterocycles. The fourth-order valence-electron chi connectivity index (χ4n) is 7.01. The van der Waals surface area contributed by atoms with Crippen molar-refractivity contribution in [3.63, 3.8) is 0 Å². The van der Waals surface area contributed by atoms with Crippen LogP contribution in [0.5, 0.6) is 0 Å². The van der Waals surface area contributed by atoms with Crippen LogP contribution in [0.4, 0.5) is 0 Å². The van der Waals surface area contributed by atoms with Crippen LogP contribution in [0.2, 0.25) is 0 Å². The van der Waals surface area contributed by atoms with Crippen LogP contribution in [0.1, 0.15) is 80.1 Å². The number of ketones is 2. The number of carbonyl (C=O) groups is 2. The van der Waals surface area contributed by atoms with E-state index in [1.165, 1.54) is 11.1 Å². The molecular weight excluding hydrogens is 336 g/mol. The second kappa shape index (κ2) is 6.69. The van der Waals surface area contributed by atoms with E-state index in [9.17, 15) is 14.7 Å². The Bertz CT molecular complexity index is 717. The van der Waals surface area contributed by atoms with Crippen LogP contribution in [-0.4, -0.2) is 22.3 Å². The maximum Gasteiger partial charge on any atom is 0.161 e. The van der Waals surface area contributed by atoms with Crippen molar-refractivity contribution in [3.05, 3.63) is 23.3 Å². The SMILES string of the molecule is CC.CC(=O)C1(O)CCC2C3C=C(C)C4=CC(=O)CCC4(C)C3CCC21C. The Kier molecular flexibility index (Phi) is 5.08. The number of fused-ring (bicyclic) bond motifs is 5. The molecule has 2 saturated carbocycles. The third-order valence-electron chi connectivity index (χ3n) is 8.56. The van der Waals surface area contributed by atoms with Gasteiger partial charge in [0.1, 0.15) is 5.60 Å². The molecule has 2 fully saturated rings. The quantitative estimate of drug-likeness (QED) is 0.702. The number of hydrogen-bond donors (Lipinski definition) is 1. The van der Waals surface area contributed by atoms with Gasteiger partial charge in [-0.1, -0.05) is 39.3 Å². The van der Waals surface area contributed by atoms with Gasteiger partial charge in [-0.2, -0.15) is 0 Å². The van der Waals surface area contributed by atoms with E-state index in [0.29, 0.717) is 30.6 Å². The predicted molar refractivity (Wildman–Crippen MR) is 108 cm³/mol. The van der Waals surface area contributed by atoms with E-state index in [4.69, 9.17) is 0 Å². The van der Waals surface area contributed by atoms with Gasteiger partial charge in [-0.3, -0.25) is 9.59 Å². The molecular formula is C24H36O3. The Morgan fingerprint density at radius 2 is 1.74 bits per heavy atom. The zero-order valence-electron chi connectivity index (χ0n) is 17.9. The first-order valence-electron chi connectivity index (χ1n) is 10.8. The van der Waals surface area contributed by atoms with Gasteiger partial charge in [0.25, 0.3) is 0 Å². The van der Waals surface area contributed by atoms with E-state index in [-0.39, 0.29) is 22.4 Å². The van der Waals surface area contributed by atoms with Crippen LogP contribution < -0.4 is 0 Å². The molecule has 1 N–H and O–H groups in total. The molecule has 0 heterocycles. The first-order valence-corrected chi connectivity index (χ1v) is 10.8. The molecule has 0 aromatic carbocycles. The summed E-state index contributed by atoms with van der Waals surface area (Å²) < 4.78 is 0. The summed E-state index contributed by atoms with van der Waals surface area (Å²) >= 11 is 0. The van der Waals surface area contributed by atoms with Crippen molar-refractivity contribution < 1.29 is 14.7 Å². The van der Waals surface area contributed by atoms with Gasteiger partial charge in [0.05, 0.1) is 0 Å². The number of Topliss-reactive ketones (excluding diaryl/α,β-unsaturated/α-hetero) is 1. The van der Waals surface area contributed by atoms with Gasteiger partial charge in [0, 0.05) is 11.8 Å². The van der Waals surface area contributed by atoms with Crippen molar-refractivity contribution in [1.29, 1.82) is 0 Å². The Morgan fingerprint density at radius 3 is 2.37 bits per heavy atom. The summed E-state index contributed by atoms with van der Waals surface area (Å²) in [6.45, 7) is 12.2. The molecule has 4 rings (SSSR count). The molecule has 0 aromatic rings. The minimum Gasteiger partial charge on any atom is -0.382 e. The van der Waals surface area contributed by atoms with E-state index in [2.05, 4.69) is 26.8 Å². The molecule has 0 saturated heterocycles. The maximum atomic E-state index is 12.3. The average Bonchev–Trinajstić information content (AvgIpc) is 2.91. The third-order valence-corrected chi connectivity index (χ3v) is 8.56. The van der Waals surface area contributed by atoms with E-state index in [1.54, 1.807) is 6.92 Å². The lowest BCUT2D eigenvalue weighted by molar-refractivity contribution is -0.156. The summed E-state index contributed by atoms with van der Waals surface area (Å²) in [5.74, 6) is 1.46. The second-order valence-corrected chi connectivity index (χ2v) is 9.49. The van der Waals surface area contributed by atoms with Crippen molar-refractivity contribution in [2.45, 2.75) is 85.7 Å². The molecule has 0 bridgehead atoms. The molecule has 4 aliphatic rings. The van der Waals surface area contributed by atoms with Crippen LogP contribution in [0.25, 0.3) is 0 Å². The summed E-state index contributed by atoms with van der Waals surface area (Å²) in [6.07, 6.45) is 9.28. The fraction of sp³-hybridized carbons (Fsp3) is 0.750. The number of carbonyl (C=O) groups excluding carboxylic acids is 2. The second-order valence-electron chi connectivity index (χ2n) is 9.49. The maximum absolute atomic E-state index is 12.3. The van der Waals surface area contributed by atoms with E-state index < -0.39 is 5.60 Å². The highest BCUT2D eigenvalue weighted by atomic mass is 16.3. The number of allylic oxidation sites excluding steroid dienone is 4. The minimum absolute atomic E-state index is 0.0651. The number of aliphatic hydroxyl groups is 1. The normalized spacial score (nSPS) is 45.4. The monoisotopic (exact) mass is 372 g/mol. The summed E-state index contributed by atoms with van der Waals surface area (Å²) in [7, 11) is 0. The van der Waals surface area contributed by atoms with Gasteiger partial charge >= 0.3 is 0 Å². The Morgan fingerprint density at radius 1 is 1.11 bits per heavy atom. The fourth-order valence-corrected chi connectivity index (χ4v) is 7.01. The van der Waals surface area contributed by atoms with Gasteiger partial charge < -0.3 is 5.11 Å². The minimum atomic E-state index is -1.16. The molecule has 6 unspecified atom stereocenters. The van der Waals surface area contributed by atoms with Crippen molar-refractivity contribution >= 4 is 11.6 Å². The lowest BCUT2D eigenvalue weighted by Gasteiger charge is -2.57. The Balaban J connectivity index is 0.00000102. The van der Waals surface area contributed by atoms with Crippen molar-refractivity contribution in [2.24, 2.45) is 28.6 Å². The largest absolute Gasteiger partial charge is 0.382 e. The van der Waals surface area contributed by atoms with Gasteiger partial charge in [-0.05, 0) is 80.8 Å². The van der Waals surface area contributed by atoms with Gasteiger partial charge in [-0.15, -0.1) is 0 Å². The topological polar surface area (TPSA) is 54.4 Å². The highest BCUT2D eigenvalue weighted by Gasteiger charge is 2.65. The molecule has 6 atom stereocenters. The first-order chi connectivity index (χ1) is 12.6. The Hall–Kier alpha value is -1.22. The van der Waals surface area contributed by atoms with Gasteiger partial charge in [0.15, 0.2) is 11.6 Å². The molecule has 0 radical (unpaired) electrons. The van der Waals surface area contributed by atoms with Crippen molar-refractivity contribution in [2.75, 3.05) is 0 Å². The molecule has 150 valence electrons. The smallest absolute Gasteiger partial charge is 0.161 e. The molecule has 3 nitrogen and oxygen atoms in total. The molecule has 0 amide bonds. The summed E-state index contributed by atoms with van der Waals surface area (Å²) in [4.78, 5) is 24.3. The standard InChI is InChI=1S/C22H30O3.C2H6/c1-13-11-16-17(20(3)8-5-15(24)12-19(13)20)6-9-21(4)18(16)7-10-22(21,25)14(2)23;1-2/h11-12,16-18,25H,5-10H2,1-4H3;1-2H3. The summed E-state index contributed by atoms with van der Waals surface area (Å²) in [5.41, 5.74) is 1.06. The highest BCUT2D eigenvalue weighted by Crippen LogP contribution is 2.67. The lowest BCUT2D eigenvalue weighted by atomic mass is 9.47. The molecule has 3 heteroatoms. The molecule has 0 aromatic heterocycles. The number of hydrogen-bond acceptors (Lipinski definition) is 3. The summed E-state index contributed by atoms with van der Waals surface area (Å²) in [6, 6.07) is 0. The van der Waals surface area contributed by atoms with Crippen molar-refractivity contribution in [1.82, 2.24) is 0 Å².